The van der Waals surface area contributed by atoms with E-state index in [-0.39, 0.29) is 5.92 Å². The van der Waals surface area contributed by atoms with E-state index in [1.54, 1.807) is 0 Å². The van der Waals surface area contributed by atoms with Gasteiger partial charge in [0, 0.05) is 25.7 Å². The molecule has 2 rings (SSSR count). The Morgan fingerprint density at radius 2 is 2.19 bits per heavy atom. The standard InChI is InChI=1S/C13H24N2O/c1-3-11-6-7-15(9-11)13(16)12-5-4-10(2)14-8-12/h10-12,14H,3-9H2,1-2H3. The highest BCUT2D eigenvalue weighted by molar-refractivity contribution is 5.79. The molecule has 3 atom stereocenters. The third kappa shape index (κ3) is 2.57. The van der Waals surface area contributed by atoms with Gasteiger partial charge in [-0.15, -0.1) is 0 Å². The first-order chi connectivity index (χ1) is 7.70. The highest BCUT2D eigenvalue weighted by Gasteiger charge is 2.31. The number of hydrogen-bond donors (Lipinski definition) is 1. The minimum absolute atomic E-state index is 0.242. The van der Waals surface area contributed by atoms with Crippen molar-refractivity contribution in [2.45, 2.75) is 45.6 Å². The van der Waals surface area contributed by atoms with Crippen LogP contribution in [0.15, 0.2) is 0 Å². The van der Waals surface area contributed by atoms with Crippen LogP contribution < -0.4 is 5.32 Å². The Morgan fingerprint density at radius 3 is 2.75 bits per heavy atom. The summed E-state index contributed by atoms with van der Waals surface area (Å²) in [6, 6.07) is 0.589. The Hall–Kier alpha value is -0.570. The Labute approximate surface area is 98.6 Å². The lowest BCUT2D eigenvalue weighted by Crippen LogP contribution is -2.45. The quantitative estimate of drug-likeness (QED) is 0.773. The number of nitrogens with one attached hydrogen (secondary N) is 1. The van der Waals surface area contributed by atoms with E-state index in [0.29, 0.717) is 11.9 Å². The van der Waals surface area contributed by atoms with Gasteiger partial charge in [-0.25, -0.2) is 0 Å². The van der Waals surface area contributed by atoms with Crippen LogP contribution in [0.1, 0.15) is 39.5 Å². The molecule has 1 N–H and O–H groups in total. The molecule has 0 aromatic rings. The van der Waals surface area contributed by atoms with Crippen molar-refractivity contribution in [1.29, 1.82) is 0 Å². The van der Waals surface area contributed by atoms with Gasteiger partial charge in [0.05, 0.1) is 5.92 Å². The molecule has 2 aliphatic heterocycles. The third-order valence-electron chi connectivity index (χ3n) is 4.18. The molecule has 16 heavy (non-hydrogen) atoms. The molecule has 1 amide bonds. The predicted molar refractivity (Wildman–Crippen MR) is 65.2 cm³/mol. The summed E-state index contributed by atoms with van der Waals surface area (Å²) in [7, 11) is 0. The van der Waals surface area contributed by atoms with Crippen LogP contribution in [-0.4, -0.2) is 36.5 Å². The summed E-state index contributed by atoms with van der Waals surface area (Å²) in [5.41, 5.74) is 0. The minimum Gasteiger partial charge on any atom is -0.342 e. The van der Waals surface area contributed by atoms with Crippen LogP contribution in [0.25, 0.3) is 0 Å². The normalized spacial score (nSPS) is 35.4. The van der Waals surface area contributed by atoms with E-state index < -0.39 is 0 Å². The Balaban J connectivity index is 1.83. The van der Waals surface area contributed by atoms with Gasteiger partial charge in [0.15, 0.2) is 0 Å². The molecule has 2 fully saturated rings. The lowest BCUT2D eigenvalue weighted by Gasteiger charge is -2.30. The zero-order valence-corrected chi connectivity index (χ0v) is 10.5. The second kappa shape index (κ2) is 5.17. The molecule has 2 heterocycles. The summed E-state index contributed by atoms with van der Waals surface area (Å²) >= 11 is 0. The highest BCUT2D eigenvalue weighted by Crippen LogP contribution is 2.23. The molecule has 3 heteroatoms. The van der Waals surface area contributed by atoms with Crippen molar-refractivity contribution in [1.82, 2.24) is 10.2 Å². The van der Waals surface area contributed by atoms with E-state index in [0.717, 1.165) is 38.4 Å². The summed E-state index contributed by atoms with van der Waals surface area (Å²) < 4.78 is 0. The number of carbonyl (C=O) groups excluding carboxylic acids is 1. The first-order valence-electron chi connectivity index (χ1n) is 6.73. The zero-order valence-electron chi connectivity index (χ0n) is 10.5. The molecule has 3 unspecified atom stereocenters. The van der Waals surface area contributed by atoms with Crippen LogP contribution in [0.3, 0.4) is 0 Å². The van der Waals surface area contributed by atoms with Crippen molar-refractivity contribution in [3.63, 3.8) is 0 Å². The van der Waals surface area contributed by atoms with Crippen molar-refractivity contribution < 1.29 is 4.79 Å². The molecular formula is C13H24N2O. The van der Waals surface area contributed by atoms with E-state index in [1.807, 2.05) is 0 Å². The maximum atomic E-state index is 12.3. The van der Waals surface area contributed by atoms with Gasteiger partial charge in [-0.2, -0.15) is 0 Å². The van der Waals surface area contributed by atoms with E-state index in [2.05, 4.69) is 24.1 Å². The average molecular weight is 224 g/mol. The highest BCUT2D eigenvalue weighted by atomic mass is 16.2. The van der Waals surface area contributed by atoms with Crippen molar-refractivity contribution in [3.05, 3.63) is 0 Å². The summed E-state index contributed by atoms with van der Waals surface area (Å²) in [4.78, 5) is 14.3. The second-order valence-electron chi connectivity index (χ2n) is 5.43. The maximum Gasteiger partial charge on any atom is 0.226 e. The SMILES string of the molecule is CCC1CCN(C(=O)C2CCC(C)NC2)C1. The molecular weight excluding hydrogens is 200 g/mol. The topological polar surface area (TPSA) is 32.3 Å². The number of rotatable bonds is 2. The summed E-state index contributed by atoms with van der Waals surface area (Å²) in [5, 5.41) is 3.41. The summed E-state index contributed by atoms with van der Waals surface area (Å²) in [6.07, 6.45) is 4.63. The van der Waals surface area contributed by atoms with Gasteiger partial charge >= 0.3 is 0 Å². The number of hydrogen-bond acceptors (Lipinski definition) is 2. The number of nitrogens with zero attached hydrogens (tertiary/aromatic N) is 1. The first-order valence-corrected chi connectivity index (χ1v) is 6.73. The average Bonchev–Trinajstić information content (AvgIpc) is 2.77. The molecule has 2 aliphatic rings. The third-order valence-corrected chi connectivity index (χ3v) is 4.18. The van der Waals surface area contributed by atoms with Crippen molar-refractivity contribution in [3.8, 4) is 0 Å². The van der Waals surface area contributed by atoms with E-state index >= 15 is 0 Å². The van der Waals surface area contributed by atoms with Crippen LogP contribution in [0, 0.1) is 11.8 Å². The van der Waals surface area contributed by atoms with Gasteiger partial charge in [0.2, 0.25) is 5.91 Å². The molecule has 0 spiro atoms. The minimum atomic E-state index is 0.242. The molecule has 92 valence electrons. The second-order valence-corrected chi connectivity index (χ2v) is 5.43. The van der Waals surface area contributed by atoms with Crippen LogP contribution in [0.4, 0.5) is 0 Å². The number of carbonyl (C=O) groups is 1. The van der Waals surface area contributed by atoms with Crippen molar-refractivity contribution >= 4 is 5.91 Å². The first kappa shape index (κ1) is 11.9. The summed E-state index contributed by atoms with van der Waals surface area (Å²) in [5.74, 6) is 1.39. The molecule has 2 saturated heterocycles. The lowest BCUT2D eigenvalue weighted by molar-refractivity contribution is -0.135. The Bertz CT molecular complexity index is 242. The van der Waals surface area contributed by atoms with Crippen molar-refractivity contribution in [2.75, 3.05) is 19.6 Å². The van der Waals surface area contributed by atoms with Crippen LogP contribution in [0.5, 0.6) is 0 Å². The lowest BCUT2D eigenvalue weighted by atomic mass is 9.94. The van der Waals surface area contributed by atoms with Gasteiger partial charge in [-0.05, 0) is 32.1 Å². The molecule has 0 aromatic heterocycles. The molecule has 0 bridgehead atoms. The fourth-order valence-electron chi connectivity index (χ4n) is 2.83. The molecule has 3 nitrogen and oxygen atoms in total. The van der Waals surface area contributed by atoms with Crippen LogP contribution in [0.2, 0.25) is 0 Å². The van der Waals surface area contributed by atoms with E-state index in [4.69, 9.17) is 0 Å². The number of piperidine rings is 1. The van der Waals surface area contributed by atoms with Gasteiger partial charge in [0.1, 0.15) is 0 Å². The largest absolute Gasteiger partial charge is 0.342 e. The predicted octanol–water partition coefficient (Wildman–Crippen LogP) is 1.63. The fraction of sp³-hybridized carbons (Fsp3) is 0.923. The van der Waals surface area contributed by atoms with Crippen LogP contribution in [-0.2, 0) is 4.79 Å². The maximum absolute atomic E-state index is 12.3. The molecule has 0 saturated carbocycles. The van der Waals surface area contributed by atoms with Crippen LogP contribution >= 0.6 is 0 Å². The van der Waals surface area contributed by atoms with E-state index in [1.165, 1.54) is 12.8 Å². The monoisotopic (exact) mass is 224 g/mol. The number of likely N-dealkylation sites (tertiary alicyclic amines) is 1. The molecule has 0 aromatic carbocycles. The number of amides is 1. The Morgan fingerprint density at radius 1 is 1.38 bits per heavy atom. The van der Waals surface area contributed by atoms with Gasteiger partial charge in [-0.1, -0.05) is 13.3 Å². The zero-order chi connectivity index (χ0) is 11.5. The Kier molecular flexibility index (Phi) is 3.85. The summed E-state index contributed by atoms with van der Waals surface area (Å²) in [6.45, 7) is 7.30. The van der Waals surface area contributed by atoms with Gasteiger partial charge in [0.25, 0.3) is 0 Å². The molecule has 0 aliphatic carbocycles. The fourth-order valence-corrected chi connectivity index (χ4v) is 2.83. The van der Waals surface area contributed by atoms with Crippen molar-refractivity contribution in [2.24, 2.45) is 11.8 Å². The van der Waals surface area contributed by atoms with E-state index in [9.17, 15) is 4.79 Å². The molecule has 0 radical (unpaired) electrons. The smallest absolute Gasteiger partial charge is 0.226 e. The van der Waals surface area contributed by atoms with Gasteiger partial charge in [-0.3, -0.25) is 4.79 Å². The van der Waals surface area contributed by atoms with Gasteiger partial charge < -0.3 is 10.2 Å².